The molecule has 1 aromatic heterocycles. The number of carbonyl (C=O) groups excluding carboxylic acids is 2. The Morgan fingerprint density at radius 2 is 2.00 bits per heavy atom. The number of rotatable bonds is 8. The van der Waals surface area contributed by atoms with Crippen LogP contribution in [-0.4, -0.2) is 67.3 Å². The Hall–Kier alpha value is -3.28. The zero-order valence-corrected chi connectivity index (χ0v) is 23.9. The van der Waals surface area contributed by atoms with Crippen LogP contribution in [0.3, 0.4) is 0 Å². The highest BCUT2D eigenvalue weighted by Crippen LogP contribution is 2.46. The van der Waals surface area contributed by atoms with Crippen LogP contribution in [0.1, 0.15) is 80.4 Å². The van der Waals surface area contributed by atoms with Crippen LogP contribution in [0.4, 0.5) is 8.78 Å². The second-order valence-electron chi connectivity index (χ2n) is 11.3. The monoisotopic (exact) mass is 593 g/mol. The zero-order valence-electron chi connectivity index (χ0n) is 23.1. The number of amides is 2. The van der Waals surface area contributed by atoms with Crippen LogP contribution >= 0.6 is 11.6 Å². The normalized spacial score (nSPS) is 24.6. The van der Waals surface area contributed by atoms with E-state index in [4.69, 9.17) is 16.3 Å². The predicted molar refractivity (Wildman–Crippen MR) is 143 cm³/mol. The molecule has 0 spiro atoms. The van der Waals surface area contributed by atoms with Gasteiger partial charge in [-0.1, -0.05) is 29.7 Å². The number of nitrogens with zero attached hydrogens (tertiary/aromatic N) is 5. The van der Waals surface area contributed by atoms with Gasteiger partial charge in [0.05, 0.1) is 17.4 Å². The van der Waals surface area contributed by atoms with Crippen molar-refractivity contribution in [1.29, 1.82) is 0 Å². The lowest BCUT2D eigenvalue weighted by Gasteiger charge is -2.45. The number of fused-ring (bicyclic) bond motifs is 1. The van der Waals surface area contributed by atoms with Crippen LogP contribution in [0.15, 0.2) is 12.1 Å². The van der Waals surface area contributed by atoms with E-state index in [0.29, 0.717) is 61.5 Å². The quantitative estimate of drug-likeness (QED) is 0.484. The van der Waals surface area contributed by atoms with Gasteiger partial charge in [-0.15, -0.1) is 5.10 Å². The first-order valence-corrected chi connectivity index (χ1v) is 14.3. The molecular formula is C28H34ClF2N5O5. The van der Waals surface area contributed by atoms with Crippen molar-refractivity contribution in [1.82, 2.24) is 24.8 Å². The Balaban J connectivity index is 1.53. The zero-order chi connectivity index (χ0) is 29.5. The third-order valence-corrected chi connectivity index (χ3v) is 9.28. The molecule has 0 bridgehead atoms. The molecule has 13 heteroatoms. The molecule has 1 N–H and O–H groups in total. The number of ether oxygens (including phenoxy) is 1. The minimum Gasteiger partial charge on any atom is -0.487 e. The van der Waals surface area contributed by atoms with E-state index < -0.39 is 29.8 Å². The Labute approximate surface area is 241 Å². The lowest BCUT2D eigenvalue weighted by atomic mass is 9.66. The van der Waals surface area contributed by atoms with Crippen molar-refractivity contribution >= 4 is 29.4 Å². The summed E-state index contributed by atoms with van der Waals surface area (Å²) in [5.41, 5.74) is -0.209. The Morgan fingerprint density at radius 3 is 2.68 bits per heavy atom. The van der Waals surface area contributed by atoms with Crippen LogP contribution in [0, 0.1) is 11.3 Å². The number of hydrogen-bond donors (Lipinski definition) is 1. The molecule has 3 atom stereocenters. The minimum atomic E-state index is -2.80. The number of carbonyl (C=O) groups is 3. The second kappa shape index (κ2) is 11.5. The molecule has 3 aliphatic rings. The summed E-state index contributed by atoms with van der Waals surface area (Å²) >= 11 is 6.63. The van der Waals surface area contributed by atoms with Crippen molar-refractivity contribution in [2.45, 2.75) is 70.9 Å². The summed E-state index contributed by atoms with van der Waals surface area (Å²) in [5.74, 6) is -1.66. The third-order valence-electron chi connectivity index (χ3n) is 8.93. The van der Waals surface area contributed by atoms with Crippen molar-refractivity contribution in [3.63, 3.8) is 0 Å². The molecular weight excluding hydrogens is 560 g/mol. The van der Waals surface area contributed by atoms with E-state index >= 15 is 0 Å². The largest absolute Gasteiger partial charge is 0.487 e. The molecule has 0 radical (unpaired) electrons. The number of aliphatic carboxylic acids is 1. The number of aromatic nitrogens is 3. The van der Waals surface area contributed by atoms with Crippen molar-refractivity contribution < 1.29 is 33.0 Å². The predicted octanol–water partition coefficient (Wildman–Crippen LogP) is 4.31. The first kappa shape index (κ1) is 29.2. The molecule has 1 saturated carbocycles. The number of benzene rings is 1. The molecule has 1 aromatic carbocycles. The summed E-state index contributed by atoms with van der Waals surface area (Å²) in [6.45, 7) is 2.38. The van der Waals surface area contributed by atoms with Gasteiger partial charge in [0.15, 0.2) is 0 Å². The molecule has 2 aromatic rings. The summed E-state index contributed by atoms with van der Waals surface area (Å²) in [7, 11) is 1.38. The van der Waals surface area contributed by atoms with Gasteiger partial charge in [-0.05, 0) is 50.3 Å². The van der Waals surface area contributed by atoms with Gasteiger partial charge in [0, 0.05) is 43.7 Å². The van der Waals surface area contributed by atoms with Gasteiger partial charge in [0.2, 0.25) is 11.8 Å². The van der Waals surface area contributed by atoms with Gasteiger partial charge in [0.1, 0.15) is 23.7 Å². The van der Waals surface area contributed by atoms with Gasteiger partial charge in [-0.2, -0.15) is 0 Å². The molecule has 0 unspecified atom stereocenters. The fraction of sp³-hybridized carbons (Fsp3) is 0.607. The van der Waals surface area contributed by atoms with E-state index in [1.165, 1.54) is 7.05 Å². The molecule has 5 rings (SSSR count). The average Bonchev–Trinajstić information content (AvgIpc) is 3.52. The number of carboxylic acid groups (broad SMARTS) is 1. The highest BCUT2D eigenvalue weighted by molar-refractivity contribution is 6.31. The van der Waals surface area contributed by atoms with Gasteiger partial charge in [-0.3, -0.25) is 14.4 Å². The Bertz CT molecular complexity index is 1350. The number of halogens is 3. The van der Waals surface area contributed by atoms with E-state index in [2.05, 4.69) is 10.3 Å². The van der Waals surface area contributed by atoms with Crippen LogP contribution in [-0.2, 0) is 34.5 Å². The van der Waals surface area contributed by atoms with Crippen LogP contribution in [0.2, 0.25) is 5.02 Å². The van der Waals surface area contributed by atoms with Crippen molar-refractivity contribution in [3.8, 4) is 5.75 Å². The maximum Gasteiger partial charge on any atom is 0.310 e. The van der Waals surface area contributed by atoms with Crippen molar-refractivity contribution in [3.05, 3.63) is 39.7 Å². The molecule has 2 aliphatic heterocycles. The maximum absolute atomic E-state index is 14.2. The molecule has 10 nitrogen and oxygen atoms in total. The topological polar surface area (TPSA) is 118 Å². The number of aryl methyl sites for hydroxylation is 1. The van der Waals surface area contributed by atoms with Crippen LogP contribution in [0.5, 0.6) is 5.75 Å². The van der Waals surface area contributed by atoms with Crippen molar-refractivity contribution in [2.75, 3.05) is 19.6 Å². The molecule has 1 saturated heterocycles. The maximum atomic E-state index is 14.2. The van der Waals surface area contributed by atoms with E-state index in [1.54, 1.807) is 28.9 Å². The number of alkyl halides is 2. The lowest BCUT2D eigenvalue weighted by Crippen LogP contribution is -2.52. The Kier molecular flexibility index (Phi) is 8.22. The summed E-state index contributed by atoms with van der Waals surface area (Å²) < 4.78 is 34.4. The first-order valence-electron chi connectivity index (χ1n) is 13.9. The number of hydrogen-bond acceptors (Lipinski definition) is 6. The van der Waals surface area contributed by atoms with Gasteiger partial charge in [-0.25, -0.2) is 13.5 Å². The van der Waals surface area contributed by atoms with Gasteiger partial charge >= 0.3 is 5.97 Å². The molecule has 41 heavy (non-hydrogen) atoms. The highest BCUT2D eigenvalue weighted by Gasteiger charge is 2.50. The van der Waals surface area contributed by atoms with Gasteiger partial charge in [0.25, 0.3) is 6.43 Å². The standard InChI is InChI=1S/C28H34ClF2N5O5/c1-28(27(39)40)11-4-3-6-17(28)26(38)36-13-10-16-18(29)8-9-21(23(16)20(36)14-35-12-5-7-22(35)37)41-15-19-24(25(30)31)34(2)33-32-19/h8-9,17,20,25H,3-7,10-15H2,1-2H3,(H,39,40)/t17-,20+,28-/m0/s1. The SMILES string of the molecule is Cn1nnc(COc2ccc(Cl)c3c2[C@@H](CN2CCCC2=O)N(C(=O)[C@@H]2CCCC[C@]2(C)C(=O)O)CC3)c1C(F)F. The van der Waals surface area contributed by atoms with E-state index in [9.17, 15) is 28.3 Å². The van der Waals surface area contributed by atoms with E-state index in [-0.39, 0.29) is 36.4 Å². The van der Waals surface area contributed by atoms with Crippen LogP contribution in [0.25, 0.3) is 0 Å². The molecule has 2 amide bonds. The Morgan fingerprint density at radius 1 is 1.22 bits per heavy atom. The minimum absolute atomic E-state index is 0.0133. The fourth-order valence-electron chi connectivity index (χ4n) is 6.57. The molecule has 222 valence electrons. The highest BCUT2D eigenvalue weighted by atomic mass is 35.5. The van der Waals surface area contributed by atoms with E-state index in [0.717, 1.165) is 23.1 Å². The number of carboxylic acids is 1. The molecule has 1 aliphatic carbocycles. The average molecular weight is 594 g/mol. The smallest absolute Gasteiger partial charge is 0.310 e. The van der Waals surface area contributed by atoms with E-state index in [1.807, 2.05) is 0 Å². The summed E-state index contributed by atoms with van der Waals surface area (Å²) in [4.78, 5) is 42.7. The summed E-state index contributed by atoms with van der Waals surface area (Å²) in [5, 5.41) is 18.1. The summed E-state index contributed by atoms with van der Waals surface area (Å²) in [6.07, 6.45) is 1.07. The lowest BCUT2D eigenvalue weighted by molar-refractivity contribution is -0.162. The molecule has 3 heterocycles. The first-order chi connectivity index (χ1) is 19.5. The second-order valence-corrected chi connectivity index (χ2v) is 11.7. The number of likely N-dealkylation sites (tertiary alicyclic amines) is 1. The van der Waals surface area contributed by atoms with Crippen molar-refractivity contribution in [2.24, 2.45) is 18.4 Å². The third kappa shape index (κ3) is 5.38. The van der Waals surface area contributed by atoms with Gasteiger partial charge < -0.3 is 19.6 Å². The summed E-state index contributed by atoms with van der Waals surface area (Å²) in [6, 6.07) is 2.64. The fourth-order valence-corrected chi connectivity index (χ4v) is 6.83. The molecule has 2 fully saturated rings. The van der Waals surface area contributed by atoms with Crippen LogP contribution < -0.4 is 4.74 Å².